The van der Waals surface area contributed by atoms with Crippen LogP contribution in [0.25, 0.3) is 11.1 Å². The zero-order valence-corrected chi connectivity index (χ0v) is 9.55. The van der Waals surface area contributed by atoms with E-state index in [4.69, 9.17) is 17.3 Å². The van der Waals surface area contributed by atoms with Crippen molar-refractivity contribution in [1.29, 1.82) is 0 Å². The molecule has 0 heterocycles. The van der Waals surface area contributed by atoms with Crippen molar-refractivity contribution in [2.75, 3.05) is 5.73 Å². The molecule has 0 amide bonds. The lowest BCUT2D eigenvalue weighted by molar-refractivity contribution is 0.631. The van der Waals surface area contributed by atoms with Gasteiger partial charge in [-0.25, -0.2) is 4.39 Å². The third-order valence-corrected chi connectivity index (χ3v) is 3.08. The van der Waals surface area contributed by atoms with Gasteiger partial charge >= 0.3 is 0 Å². The van der Waals surface area contributed by atoms with E-state index < -0.39 is 0 Å². The zero-order valence-electron chi connectivity index (χ0n) is 8.80. The Morgan fingerprint density at radius 2 is 1.75 bits per heavy atom. The SMILES string of the molecule is Cc1c(N)ccc(-c2ccccc2F)c1Cl. The zero-order chi connectivity index (χ0) is 11.7. The Bertz CT molecular complexity index is 537. The molecular weight excluding hydrogens is 225 g/mol. The standard InChI is InChI=1S/C13H11ClFN/c1-8-12(16)7-6-10(13(8)14)9-4-2-3-5-11(9)15/h2-7H,16H2,1H3. The second-order valence-electron chi connectivity index (χ2n) is 3.62. The highest BCUT2D eigenvalue weighted by Gasteiger charge is 2.11. The molecule has 82 valence electrons. The van der Waals surface area contributed by atoms with Gasteiger partial charge in [0, 0.05) is 16.8 Å². The minimum Gasteiger partial charge on any atom is -0.398 e. The highest BCUT2D eigenvalue weighted by atomic mass is 35.5. The molecule has 2 N–H and O–H groups in total. The summed E-state index contributed by atoms with van der Waals surface area (Å²) in [6.07, 6.45) is 0. The fraction of sp³-hybridized carbons (Fsp3) is 0.0769. The Morgan fingerprint density at radius 1 is 1.06 bits per heavy atom. The van der Waals surface area contributed by atoms with Gasteiger partial charge in [-0.05, 0) is 24.6 Å². The normalized spacial score (nSPS) is 10.4. The Hall–Kier alpha value is -1.54. The average molecular weight is 236 g/mol. The second kappa shape index (κ2) is 4.14. The van der Waals surface area contributed by atoms with E-state index >= 15 is 0 Å². The van der Waals surface area contributed by atoms with Crippen LogP contribution in [0.3, 0.4) is 0 Å². The first-order valence-corrected chi connectivity index (χ1v) is 5.28. The van der Waals surface area contributed by atoms with E-state index in [-0.39, 0.29) is 5.82 Å². The van der Waals surface area contributed by atoms with Crippen LogP contribution in [-0.2, 0) is 0 Å². The predicted molar refractivity (Wildman–Crippen MR) is 66.0 cm³/mol. The van der Waals surface area contributed by atoms with Crippen LogP contribution < -0.4 is 5.73 Å². The van der Waals surface area contributed by atoms with Crippen molar-refractivity contribution >= 4 is 17.3 Å². The Labute approximate surface area is 98.7 Å². The van der Waals surface area contributed by atoms with Crippen LogP contribution in [0.2, 0.25) is 5.02 Å². The number of nitrogen functional groups attached to an aromatic ring is 1. The molecule has 0 bridgehead atoms. The molecule has 16 heavy (non-hydrogen) atoms. The monoisotopic (exact) mass is 235 g/mol. The summed E-state index contributed by atoms with van der Waals surface area (Å²) in [5.41, 5.74) is 8.29. The lowest BCUT2D eigenvalue weighted by Crippen LogP contribution is -1.93. The van der Waals surface area contributed by atoms with E-state index in [1.54, 1.807) is 30.3 Å². The van der Waals surface area contributed by atoms with Crippen LogP contribution in [0.1, 0.15) is 5.56 Å². The predicted octanol–water partition coefficient (Wildman–Crippen LogP) is 4.04. The van der Waals surface area contributed by atoms with Crippen LogP contribution in [0.15, 0.2) is 36.4 Å². The quantitative estimate of drug-likeness (QED) is 0.742. The second-order valence-corrected chi connectivity index (χ2v) is 4.00. The number of rotatable bonds is 1. The molecule has 0 spiro atoms. The smallest absolute Gasteiger partial charge is 0.131 e. The van der Waals surface area contributed by atoms with E-state index in [1.807, 2.05) is 6.92 Å². The van der Waals surface area contributed by atoms with Crippen LogP contribution in [-0.4, -0.2) is 0 Å². The Balaban J connectivity index is 2.66. The molecule has 2 aromatic carbocycles. The largest absolute Gasteiger partial charge is 0.398 e. The number of halogens is 2. The topological polar surface area (TPSA) is 26.0 Å². The van der Waals surface area contributed by atoms with E-state index in [9.17, 15) is 4.39 Å². The number of nitrogens with two attached hydrogens (primary N) is 1. The maximum atomic E-state index is 13.6. The molecule has 2 aromatic rings. The summed E-state index contributed by atoms with van der Waals surface area (Å²) in [6.45, 7) is 1.82. The van der Waals surface area contributed by atoms with E-state index in [1.165, 1.54) is 6.07 Å². The molecule has 0 unspecified atom stereocenters. The molecule has 0 aliphatic rings. The van der Waals surface area contributed by atoms with E-state index in [2.05, 4.69) is 0 Å². The lowest BCUT2D eigenvalue weighted by Gasteiger charge is -2.10. The van der Waals surface area contributed by atoms with Crippen molar-refractivity contribution < 1.29 is 4.39 Å². The van der Waals surface area contributed by atoms with Gasteiger partial charge in [-0.15, -0.1) is 0 Å². The minimum atomic E-state index is -0.284. The van der Waals surface area contributed by atoms with Crippen molar-refractivity contribution in [3.63, 3.8) is 0 Å². The summed E-state index contributed by atoms with van der Waals surface area (Å²) < 4.78 is 13.6. The molecule has 0 aliphatic heterocycles. The first-order valence-electron chi connectivity index (χ1n) is 4.90. The first kappa shape index (κ1) is 11.0. The molecule has 0 atom stereocenters. The highest BCUT2D eigenvalue weighted by molar-refractivity contribution is 6.34. The van der Waals surface area contributed by atoms with Gasteiger partial charge in [0.15, 0.2) is 0 Å². The Morgan fingerprint density at radius 3 is 2.44 bits per heavy atom. The third-order valence-electron chi connectivity index (χ3n) is 2.59. The van der Waals surface area contributed by atoms with Gasteiger partial charge < -0.3 is 5.73 Å². The summed E-state index contributed by atoms with van der Waals surface area (Å²) in [5, 5.41) is 0.505. The summed E-state index contributed by atoms with van der Waals surface area (Å²) in [5.74, 6) is -0.284. The van der Waals surface area contributed by atoms with Crippen LogP contribution in [0, 0.1) is 12.7 Å². The fourth-order valence-corrected chi connectivity index (χ4v) is 1.86. The van der Waals surface area contributed by atoms with E-state index in [0.29, 0.717) is 21.8 Å². The summed E-state index contributed by atoms with van der Waals surface area (Å²) in [6, 6.07) is 10.0. The molecule has 0 saturated heterocycles. The van der Waals surface area contributed by atoms with Gasteiger partial charge in [-0.1, -0.05) is 35.9 Å². The van der Waals surface area contributed by atoms with Gasteiger partial charge in [0.05, 0.1) is 5.02 Å². The number of anilines is 1. The van der Waals surface area contributed by atoms with Crippen molar-refractivity contribution in [2.45, 2.75) is 6.92 Å². The molecule has 0 aliphatic carbocycles. The molecule has 1 nitrogen and oxygen atoms in total. The van der Waals surface area contributed by atoms with Gasteiger partial charge in [0.2, 0.25) is 0 Å². The summed E-state index contributed by atoms with van der Waals surface area (Å²) in [7, 11) is 0. The molecule has 0 radical (unpaired) electrons. The van der Waals surface area contributed by atoms with E-state index in [0.717, 1.165) is 5.56 Å². The molecule has 3 heteroatoms. The van der Waals surface area contributed by atoms with Gasteiger partial charge in [-0.3, -0.25) is 0 Å². The number of hydrogen-bond donors (Lipinski definition) is 1. The molecule has 0 saturated carbocycles. The van der Waals surface area contributed by atoms with Crippen LogP contribution in [0.5, 0.6) is 0 Å². The lowest BCUT2D eigenvalue weighted by atomic mass is 10.0. The molecule has 2 rings (SSSR count). The summed E-state index contributed by atoms with van der Waals surface area (Å²) in [4.78, 5) is 0. The number of benzene rings is 2. The number of hydrogen-bond acceptors (Lipinski definition) is 1. The van der Waals surface area contributed by atoms with Gasteiger partial charge in [0.1, 0.15) is 5.82 Å². The molecular formula is C13H11ClFN. The van der Waals surface area contributed by atoms with Crippen molar-refractivity contribution in [3.05, 3.63) is 52.8 Å². The summed E-state index contributed by atoms with van der Waals surface area (Å²) >= 11 is 6.16. The van der Waals surface area contributed by atoms with Gasteiger partial charge in [0.25, 0.3) is 0 Å². The van der Waals surface area contributed by atoms with Crippen LogP contribution in [0.4, 0.5) is 10.1 Å². The minimum absolute atomic E-state index is 0.284. The molecule has 0 fully saturated rings. The maximum Gasteiger partial charge on any atom is 0.131 e. The highest BCUT2D eigenvalue weighted by Crippen LogP contribution is 2.34. The maximum absolute atomic E-state index is 13.6. The molecule has 0 aromatic heterocycles. The fourth-order valence-electron chi connectivity index (χ4n) is 1.59. The first-order chi connectivity index (χ1) is 7.61. The Kier molecular flexibility index (Phi) is 2.84. The van der Waals surface area contributed by atoms with Crippen LogP contribution >= 0.6 is 11.6 Å². The van der Waals surface area contributed by atoms with Crippen molar-refractivity contribution in [2.24, 2.45) is 0 Å². The van der Waals surface area contributed by atoms with Gasteiger partial charge in [-0.2, -0.15) is 0 Å². The van der Waals surface area contributed by atoms with Crippen molar-refractivity contribution in [3.8, 4) is 11.1 Å². The third kappa shape index (κ3) is 1.76. The average Bonchev–Trinajstić information content (AvgIpc) is 2.28. The van der Waals surface area contributed by atoms with Crippen molar-refractivity contribution in [1.82, 2.24) is 0 Å².